The number of hydrogen-bond acceptors (Lipinski definition) is 3. The Kier molecular flexibility index (Phi) is 5.36. The van der Waals surface area contributed by atoms with Crippen LogP contribution in [0.3, 0.4) is 0 Å². The molecule has 5 heteroatoms. The molecule has 1 aromatic carbocycles. The number of benzene rings is 1. The molecule has 4 nitrogen and oxygen atoms in total. The second-order valence-electron chi connectivity index (χ2n) is 5.14. The molecule has 0 saturated heterocycles. The molecule has 0 fully saturated rings. The van der Waals surface area contributed by atoms with Crippen molar-refractivity contribution in [3.63, 3.8) is 0 Å². The molecule has 1 N–H and O–H groups in total. The number of nitrogens with zero attached hydrogens (tertiary/aromatic N) is 1. The fourth-order valence-corrected chi connectivity index (χ4v) is 2.10. The summed E-state index contributed by atoms with van der Waals surface area (Å²) in [6.45, 7) is 1.77. The van der Waals surface area contributed by atoms with Gasteiger partial charge in [-0.2, -0.15) is 0 Å². The second kappa shape index (κ2) is 7.45. The van der Waals surface area contributed by atoms with E-state index in [-0.39, 0.29) is 36.4 Å². The third-order valence-electron chi connectivity index (χ3n) is 3.15. The highest BCUT2D eigenvalue weighted by Crippen LogP contribution is 2.08. The van der Waals surface area contributed by atoms with Crippen LogP contribution in [0, 0.1) is 5.82 Å². The maximum atomic E-state index is 12.8. The number of rotatable bonds is 6. The Morgan fingerprint density at radius 2 is 1.95 bits per heavy atom. The van der Waals surface area contributed by atoms with Crippen molar-refractivity contribution in [3.05, 3.63) is 65.7 Å². The smallest absolute Gasteiger partial charge is 0.224 e. The van der Waals surface area contributed by atoms with Gasteiger partial charge < -0.3 is 5.32 Å². The van der Waals surface area contributed by atoms with Crippen LogP contribution in [0.5, 0.6) is 0 Å². The highest BCUT2D eigenvalue weighted by Gasteiger charge is 2.14. The quantitative estimate of drug-likeness (QED) is 0.834. The van der Waals surface area contributed by atoms with Crippen molar-refractivity contribution in [1.82, 2.24) is 10.3 Å². The normalized spacial score (nSPS) is 11.7. The third-order valence-corrected chi connectivity index (χ3v) is 3.15. The first-order chi connectivity index (χ1) is 10.5. The van der Waals surface area contributed by atoms with Gasteiger partial charge in [-0.3, -0.25) is 14.6 Å². The van der Waals surface area contributed by atoms with Crippen molar-refractivity contribution in [2.45, 2.75) is 25.8 Å². The van der Waals surface area contributed by atoms with Crippen LogP contribution in [0.25, 0.3) is 0 Å². The lowest BCUT2D eigenvalue weighted by atomic mass is 10.0. The Balaban J connectivity index is 1.84. The molecule has 2 rings (SSSR count). The molecule has 114 valence electrons. The number of aromatic nitrogens is 1. The molecule has 1 atom stereocenters. The minimum absolute atomic E-state index is 0.130. The molecule has 22 heavy (non-hydrogen) atoms. The fraction of sp³-hybridized carbons (Fsp3) is 0.235. The third kappa shape index (κ3) is 4.77. The summed E-state index contributed by atoms with van der Waals surface area (Å²) in [5.74, 6) is -0.670. The Bertz CT molecular complexity index is 641. The zero-order valence-electron chi connectivity index (χ0n) is 12.3. The molecule has 2 aromatic rings. The predicted octanol–water partition coefficient (Wildman–Crippen LogP) is 2.54. The SMILES string of the molecule is C[C@@H](CC(=O)c1ccc(F)cc1)NC(=O)Cc1cccnc1. The lowest BCUT2D eigenvalue weighted by Crippen LogP contribution is -2.35. The number of amides is 1. The first-order valence-electron chi connectivity index (χ1n) is 7.01. The van der Waals surface area contributed by atoms with E-state index in [1.54, 1.807) is 25.4 Å². The van der Waals surface area contributed by atoms with Crippen LogP contribution >= 0.6 is 0 Å². The van der Waals surface area contributed by atoms with E-state index in [0.717, 1.165) is 5.56 Å². The van der Waals surface area contributed by atoms with Crippen molar-refractivity contribution in [2.24, 2.45) is 0 Å². The molecule has 0 saturated carbocycles. The zero-order valence-corrected chi connectivity index (χ0v) is 12.3. The van der Waals surface area contributed by atoms with Gasteiger partial charge in [0, 0.05) is 30.4 Å². The van der Waals surface area contributed by atoms with Crippen molar-refractivity contribution in [3.8, 4) is 0 Å². The van der Waals surface area contributed by atoms with E-state index < -0.39 is 0 Å². The van der Waals surface area contributed by atoms with Crippen molar-refractivity contribution >= 4 is 11.7 Å². The number of halogens is 1. The van der Waals surface area contributed by atoms with Gasteiger partial charge in [0.25, 0.3) is 0 Å². The molecule has 0 aliphatic heterocycles. The average molecular weight is 300 g/mol. The van der Waals surface area contributed by atoms with E-state index in [1.165, 1.54) is 24.3 Å². The molecular formula is C17H17FN2O2. The van der Waals surface area contributed by atoms with Crippen LogP contribution < -0.4 is 5.32 Å². The molecule has 0 spiro atoms. The number of hydrogen-bond donors (Lipinski definition) is 1. The summed E-state index contributed by atoms with van der Waals surface area (Å²) < 4.78 is 12.8. The number of Topliss-reactive ketones (excluding diaryl/α,β-unsaturated/α-hetero) is 1. The number of carbonyl (C=O) groups is 2. The first kappa shape index (κ1) is 15.8. The molecule has 1 amide bonds. The number of nitrogens with one attached hydrogen (secondary N) is 1. The molecule has 0 radical (unpaired) electrons. The molecule has 1 heterocycles. The van der Waals surface area contributed by atoms with E-state index >= 15 is 0 Å². The summed E-state index contributed by atoms with van der Waals surface area (Å²) >= 11 is 0. The molecular weight excluding hydrogens is 283 g/mol. The van der Waals surface area contributed by atoms with Crippen molar-refractivity contribution < 1.29 is 14.0 Å². The Morgan fingerprint density at radius 1 is 1.23 bits per heavy atom. The minimum atomic E-state index is -0.380. The topological polar surface area (TPSA) is 59.1 Å². The van der Waals surface area contributed by atoms with E-state index in [2.05, 4.69) is 10.3 Å². The van der Waals surface area contributed by atoms with Crippen LogP contribution in [-0.4, -0.2) is 22.7 Å². The lowest BCUT2D eigenvalue weighted by Gasteiger charge is -2.13. The average Bonchev–Trinajstić information content (AvgIpc) is 2.48. The van der Waals surface area contributed by atoms with Gasteiger partial charge in [0.15, 0.2) is 5.78 Å². The number of ketones is 1. The summed E-state index contributed by atoms with van der Waals surface area (Å²) in [6.07, 6.45) is 3.67. The second-order valence-corrected chi connectivity index (χ2v) is 5.14. The Morgan fingerprint density at radius 3 is 2.59 bits per heavy atom. The maximum Gasteiger partial charge on any atom is 0.224 e. The van der Waals surface area contributed by atoms with Crippen LogP contribution in [0.15, 0.2) is 48.8 Å². The largest absolute Gasteiger partial charge is 0.353 e. The predicted molar refractivity (Wildman–Crippen MR) is 80.9 cm³/mol. The molecule has 0 unspecified atom stereocenters. The highest BCUT2D eigenvalue weighted by atomic mass is 19.1. The minimum Gasteiger partial charge on any atom is -0.353 e. The molecule has 0 aliphatic rings. The first-order valence-corrected chi connectivity index (χ1v) is 7.01. The van der Waals surface area contributed by atoms with Crippen LogP contribution in [-0.2, 0) is 11.2 Å². The monoisotopic (exact) mass is 300 g/mol. The summed E-state index contributed by atoms with van der Waals surface area (Å²) in [4.78, 5) is 27.9. The fourth-order valence-electron chi connectivity index (χ4n) is 2.10. The van der Waals surface area contributed by atoms with Gasteiger partial charge in [-0.25, -0.2) is 4.39 Å². The summed E-state index contributed by atoms with van der Waals surface area (Å²) in [7, 11) is 0. The van der Waals surface area contributed by atoms with Crippen molar-refractivity contribution in [2.75, 3.05) is 0 Å². The Hall–Kier alpha value is -2.56. The summed E-state index contributed by atoms with van der Waals surface area (Å²) in [5, 5.41) is 2.78. The molecule has 1 aromatic heterocycles. The van der Waals surface area contributed by atoms with Crippen LogP contribution in [0.2, 0.25) is 0 Å². The van der Waals surface area contributed by atoms with Gasteiger partial charge in [-0.05, 0) is 42.8 Å². The van der Waals surface area contributed by atoms with Gasteiger partial charge in [-0.15, -0.1) is 0 Å². The number of carbonyl (C=O) groups excluding carboxylic acids is 2. The lowest BCUT2D eigenvalue weighted by molar-refractivity contribution is -0.121. The highest BCUT2D eigenvalue weighted by molar-refractivity contribution is 5.96. The van der Waals surface area contributed by atoms with Crippen LogP contribution in [0.4, 0.5) is 4.39 Å². The van der Waals surface area contributed by atoms with Gasteiger partial charge >= 0.3 is 0 Å². The molecule has 0 bridgehead atoms. The summed E-state index contributed by atoms with van der Waals surface area (Å²) in [6, 6.07) is 8.69. The van der Waals surface area contributed by atoms with Gasteiger partial charge in [0.2, 0.25) is 5.91 Å². The zero-order chi connectivity index (χ0) is 15.9. The maximum absolute atomic E-state index is 12.8. The van der Waals surface area contributed by atoms with Gasteiger partial charge in [0.1, 0.15) is 5.82 Å². The van der Waals surface area contributed by atoms with Crippen LogP contribution in [0.1, 0.15) is 29.3 Å². The standard InChI is InChI=1S/C17H17FN2O2/c1-12(9-16(21)14-4-6-15(18)7-5-14)20-17(22)10-13-3-2-8-19-11-13/h2-8,11-12H,9-10H2,1H3,(H,20,22)/t12-/m0/s1. The Labute approximate surface area is 128 Å². The summed E-state index contributed by atoms with van der Waals surface area (Å²) in [5.41, 5.74) is 1.26. The van der Waals surface area contributed by atoms with E-state index in [1.807, 2.05) is 6.07 Å². The van der Waals surface area contributed by atoms with Crippen molar-refractivity contribution in [1.29, 1.82) is 0 Å². The van der Waals surface area contributed by atoms with E-state index in [4.69, 9.17) is 0 Å². The molecule has 0 aliphatic carbocycles. The van der Waals surface area contributed by atoms with Gasteiger partial charge in [-0.1, -0.05) is 6.07 Å². The number of pyridine rings is 1. The van der Waals surface area contributed by atoms with Gasteiger partial charge in [0.05, 0.1) is 6.42 Å². The van der Waals surface area contributed by atoms with E-state index in [0.29, 0.717) is 5.56 Å². The van der Waals surface area contributed by atoms with E-state index in [9.17, 15) is 14.0 Å².